The van der Waals surface area contributed by atoms with Crippen LogP contribution in [0.5, 0.6) is 0 Å². The van der Waals surface area contributed by atoms with Crippen molar-refractivity contribution in [1.82, 2.24) is 9.97 Å². The van der Waals surface area contributed by atoms with Crippen molar-refractivity contribution >= 4 is 11.9 Å². The quantitative estimate of drug-likeness (QED) is 0.539. The van der Waals surface area contributed by atoms with Gasteiger partial charge in [0.25, 0.3) is 0 Å². The SMILES string of the molecule is Cc1ccc(C(=O)/C=C\c2cnc(-c3ccccc3)nc2)o1. The van der Waals surface area contributed by atoms with E-state index in [4.69, 9.17) is 4.42 Å². The number of benzene rings is 1. The standard InChI is InChI=1S/C18H14N2O2/c1-13-7-10-17(22-13)16(21)9-8-14-11-19-18(20-12-14)15-5-3-2-4-6-15/h2-12H,1H3/b9-8-. The highest BCUT2D eigenvalue weighted by Gasteiger charge is 2.06. The Morgan fingerprint density at radius 2 is 1.77 bits per heavy atom. The number of aromatic nitrogens is 2. The molecule has 1 aromatic carbocycles. The lowest BCUT2D eigenvalue weighted by molar-refractivity contribution is 0.102. The minimum Gasteiger partial charge on any atom is -0.458 e. The Kier molecular flexibility index (Phi) is 3.92. The van der Waals surface area contributed by atoms with Crippen LogP contribution in [0.15, 0.2) is 65.4 Å². The monoisotopic (exact) mass is 290 g/mol. The topological polar surface area (TPSA) is 56.0 Å². The van der Waals surface area contributed by atoms with Crippen LogP contribution in [0, 0.1) is 6.92 Å². The first-order valence-electron chi connectivity index (χ1n) is 6.89. The van der Waals surface area contributed by atoms with Gasteiger partial charge in [-0.3, -0.25) is 4.79 Å². The Labute approximate surface area is 128 Å². The summed E-state index contributed by atoms with van der Waals surface area (Å²) in [6.45, 7) is 1.80. The highest BCUT2D eigenvalue weighted by atomic mass is 16.3. The van der Waals surface area contributed by atoms with Crippen molar-refractivity contribution in [3.63, 3.8) is 0 Å². The molecule has 2 heterocycles. The number of nitrogens with zero attached hydrogens (tertiary/aromatic N) is 2. The Morgan fingerprint density at radius 3 is 2.41 bits per heavy atom. The summed E-state index contributed by atoms with van der Waals surface area (Å²) in [5.41, 5.74) is 1.72. The summed E-state index contributed by atoms with van der Waals surface area (Å²) in [5.74, 6) is 1.52. The van der Waals surface area contributed by atoms with Gasteiger partial charge in [-0.1, -0.05) is 30.3 Å². The molecule has 0 aliphatic heterocycles. The van der Waals surface area contributed by atoms with Gasteiger partial charge in [0.2, 0.25) is 5.78 Å². The Morgan fingerprint density at radius 1 is 1.05 bits per heavy atom. The van der Waals surface area contributed by atoms with Crippen molar-refractivity contribution in [2.45, 2.75) is 6.92 Å². The zero-order valence-corrected chi connectivity index (χ0v) is 12.1. The van der Waals surface area contributed by atoms with E-state index in [9.17, 15) is 4.79 Å². The molecule has 0 fully saturated rings. The van der Waals surface area contributed by atoms with Gasteiger partial charge in [-0.2, -0.15) is 0 Å². The first-order chi connectivity index (χ1) is 10.7. The van der Waals surface area contributed by atoms with Crippen molar-refractivity contribution in [2.24, 2.45) is 0 Å². The average molecular weight is 290 g/mol. The van der Waals surface area contributed by atoms with Crippen molar-refractivity contribution < 1.29 is 9.21 Å². The third-order valence-electron chi connectivity index (χ3n) is 3.11. The van der Waals surface area contributed by atoms with E-state index in [2.05, 4.69) is 9.97 Å². The number of furan rings is 1. The Hall–Kier alpha value is -3.01. The molecule has 0 saturated carbocycles. The van der Waals surface area contributed by atoms with Gasteiger partial charge in [0.15, 0.2) is 11.6 Å². The maximum absolute atomic E-state index is 11.9. The number of carbonyl (C=O) groups is 1. The van der Waals surface area contributed by atoms with Gasteiger partial charge in [0, 0.05) is 23.5 Å². The number of allylic oxidation sites excluding steroid dienone is 1. The summed E-state index contributed by atoms with van der Waals surface area (Å²) in [7, 11) is 0. The van der Waals surface area contributed by atoms with Gasteiger partial charge >= 0.3 is 0 Å². The lowest BCUT2D eigenvalue weighted by atomic mass is 10.2. The normalized spacial score (nSPS) is 11.0. The van der Waals surface area contributed by atoms with Crippen molar-refractivity contribution in [3.8, 4) is 11.4 Å². The fraction of sp³-hybridized carbons (Fsp3) is 0.0556. The molecule has 0 amide bonds. The third-order valence-corrected chi connectivity index (χ3v) is 3.11. The second-order valence-corrected chi connectivity index (χ2v) is 4.81. The van der Waals surface area contributed by atoms with Crippen LogP contribution in [0.2, 0.25) is 0 Å². The molecule has 0 atom stereocenters. The highest BCUT2D eigenvalue weighted by Crippen LogP contribution is 2.14. The molecule has 4 heteroatoms. The lowest BCUT2D eigenvalue weighted by Gasteiger charge is -1.99. The van der Waals surface area contributed by atoms with E-state index in [0.717, 1.165) is 11.1 Å². The van der Waals surface area contributed by atoms with Crippen LogP contribution in [0.1, 0.15) is 21.9 Å². The van der Waals surface area contributed by atoms with Crippen LogP contribution in [-0.2, 0) is 0 Å². The van der Waals surface area contributed by atoms with Crippen LogP contribution in [-0.4, -0.2) is 15.8 Å². The fourth-order valence-corrected chi connectivity index (χ4v) is 1.98. The molecule has 0 radical (unpaired) electrons. The minimum atomic E-state index is -0.180. The summed E-state index contributed by atoms with van der Waals surface area (Å²) in [5, 5.41) is 0. The number of hydrogen-bond acceptors (Lipinski definition) is 4. The first kappa shape index (κ1) is 13.9. The van der Waals surface area contributed by atoms with Gasteiger partial charge in [0.05, 0.1) is 0 Å². The van der Waals surface area contributed by atoms with Crippen LogP contribution in [0.3, 0.4) is 0 Å². The van der Waals surface area contributed by atoms with Gasteiger partial charge in [-0.05, 0) is 31.2 Å². The van der Waals surface area contributed by atoms with Crippen molar-refractivity contribution in [3.05, 3.63) is 78.0 Å². The Balaban J connectivity index is 1.73. The molecule has 0 N–H and O–H groups in total. The van der Waals surface area contributed by atoms with E-state index in [1.807, 2.05) is 30.3 Å². The molecule has 0 bridgehead atoms. The number of carbonyl (C=O) groups excluding carboxylic acids is 1. The molecule has 4 nitrogen and oxygen atoms in total. The second-order valence-electron chi connectivity index (χ2n) is 4.81. The molecule has 0 spiro atoms. The average Bonchev–Trinajstić information content (AvgIpc) is 3.00. The zero-order chi connectivity index (χ0) is 15.4. The van der Waals surface area contributed by atoms with Crippen molar-refractivity contribution in [1.29, 1.82) is 0 Å². The maximum Gasteiger partial charge on any atom is 0.221 e. The van der Waals surface area contributed by atoms with Crippen LogP contribution in [0.4, 0.5) is 0 Å². The first-order valence-corrected chi connectivity index (χ1v) is 6.89. The summed E-state index contributed by atoms with van der Waals surface area (Å²) < 4.78 is 5.28. The second kappa shape index (κ2) is 6.18. The van der Waals surface area contributed by atoms with E-state index in [-0.39, 0.29) is 5.78 Å². The van der Waals surface area contributed by atoms with Gasteiger partial charge in [-0.25, -0.2) is 9.97 Å². The summed E-state index contributed by atoms with van der Waals surface area (Å²) in [4.78, 5) is 20.5. The van der Waals surface area contributed by atoms with E-state index >= 15 is 0 Å². The lowest BCUT2D eigenvalue weighted by Crippen LogP contribution is -1.92. The van der Waals surface area contributed by atoms with Crippen LogP contribution in [0.25, 0.3) is 17.5 Å². The van der Waals surface area contributed by atoms with E-state index in [0.29, 0.717) is 17.3 Å². The summed E-state index contributed by atoms with van der Waals surface area (Å²) >= 11 is 0. The molecule has 3 aromatic rings. The molecular weight excluding hydrogens is 276 g/mol. The maximum atomic E-state index is 11.9. The number of rotatable bonds is 4. The highest BCUT2D eigenvalue weighted by molar-refractivity contribution is 6.04. The van der Waals surface area contributed by atoms with Gasteiger partial charge < -0.3 is 4.42 Å². The molecule has 3 rings (SSSR count). The molecular formula is C18H14N2O2. The van der Waals surface area contributed by atoms with E-state index in [1.165, 1.54) is 6.08 Å². The van der Waals surface area contributed by atoms with Crippen molar-refractivity contribution in [2.75, 3.05) is 0 Å². The zero-order valence-electron chi connectivity index (χ0n) is 12.1. The number of aryl methyl sites for hydroxylation is 1. The Bertz CT molecular complexity index is 803. The molecule has 0 saturated heterocycles. The minimum absolute atomic E-state index is 0.180. The smallest absolute Gasteiger partial charge is 0.221 e. The van der Waals surface area contributed by atoms with E-state index in [1.54, 1.807) is 37.5 Å². The molecule has 0 aliphatic rings. The van der Waals surface area contributed by atoms with Crippen LogP contribution < -0.4 is 0 Å². The largest absolute Gasteiger partial charge is 0.458 e. The summed E-state index contributed by atoms with van der Waals surface area (Å²) in [6, 6.07) is 13.2. The summed E-state index contributed by atoms with van der Waals surface area (Å²) in [6.07, 6.45) is 6.51. The molecule has 108 valence electrons. The van der Waals surface area contributed by atoms with E-state index < -0.39 is 0 Å². The van der Waals surface area contributed by atoms with Crippen LogP contribution >= 0.6 is 0 Å². The van der Waals surface area contributed by atoms with Gasteiger partial charge in [-0.15, -0.1) is 0 Å². The molecule has 2 aromatic heterocycles. The predicted octanol–water partition coefficient (Wildman–Crippen LogP) is 3.94. The number of hydrogen-bond donors (Lipinski definition) is 0. The number of ketones is 1. The molecule has 22 heavy (non-hydrogen) atoms. The fourth-order valence-electron chi connectivity index (χ4n) is 1.98. The molecule has 0 aliphatic carbocycles. The third kappa shape index (κ3) is 3.17. The predicted molar refractivity (Wildman–Crippen MR) is 84.3 cm³/mol. The van der Waals surface area contributed by atoms with Gasteiger partial charge in [0.1, 0.15) is 5.76 Å². The molecule has 0 unspecified atom stereocenters.